The molecular weight excluding hydrogens is 220 g/mol. The Morgan fingerprint density at radius 3 is 2.39 bits per heavy atom. The monoisotopic (exact) mass is 234 g/mol. The van der Waals surface area contributed by atoms with Crippen LogP contribution in [0, 0.1) is 6.92 Å². The molecule has 0 fully saturated rings. The minimum atomic E-state index is 1.10. The summed E-state index contributed by atoms with van der Waals surface area (Å²) in [4.78, 5) is 0. The lowest BCUT2D eigenvalue weighted by molar-refractivity contribution is 0.882. The van der Waals surface area contributed by atoms with Crippen LogP contribution in [0.1, 0.15) is 5.56 Å². The molecule has 88 valence electrons. The highest BCUT2D eigenvalue weighted by atomic mass is 15.3. The van der Waals surface area contributed by atoms with E-state index in [1.807, 2.05) is 23.0 Å². The molecule has 0 spiro atoms. The molecule has 0 N–H and O–H groups in total. The number of para-hydroxylation sites is 1. The molecule has 0 aliphatic heterocycles. The fraction of sp³-hybridized carbons (Fsp3) is 0.0625. The number of aryl methyl sites for hydroxylation is 1. The van der Waals surface area contributed by atoms with Crippen LogP contribution in [0.3, 0.4) is 0 Å². The average Bonchev–Trinajstić information content (AvgIpc) is 2.93. The fourth-order valence-corrected chi connectivity index (χ4v) is 2.06. The Balaban J connectivity index is 2.15. The van der Waals surface area contributed by atoms with E-state index in [2.05, 4.69) is 54.5 Å². The first-order valence-electron chi connectivity index (χ1n) is 6.01. The van der Waals surface area contributed by atoms with Gasteiger partial charge in [0.25, 0.3) is 0 Å². The summed E-state index contributed by atoms with van der Waals surface area (Å²) in [6.45, 7) is 2.10. The highest BCUT2D eigenvalue weighted by Crippen LogP contribution is 2.26. The summed E-state index contributed by atoms with van der Waals surface area (Å²) >= 11 is 0. The van der Waals surface area contributed by atoms with Crippen molar-refractivity contribution in [2.45, 2.75) is 6.92 Å². The minimum absolute atomic E-state index is 1.10. The second-order valence-electron chi connectivity index (χ2n) is 4.33. The van der Waals surface area contributed by atoms with E-state index in [0.717, 1.165) is 5.69 Å². The molecule has 0 saturated heterocycles. The molecular formula is C16H14N2. The first kappa shape index (κ1) is 10.8. The zero-order valence-electron chi connectivity index (χ0n) is 10.2. The van der Waals surface area contributed by atoms with Crippen molar-refractivity contribution in [3.05, 3.63) is 72.6 Å². The lowest BCUT2D eigenvalue weighted by Crippen LogP contribution is -1.96. The van der Waals surface area contributed by atoms with Crippen LogP contribution < -0.4 is 0 Å². The lowest BCUT2D eigenvalue weighted by Gasteiger charge is -2.09. The molecule has 18 heavy (non-hydrogen) atoms. The van der Waals surface area contributed by atoms with Crippen LogP contribution >= 0.6 is 0 Å². The first-order chi connectivity index (χ1) is 8.84. The van der Waals surface area contributed by atoms with Crippen molar-refractivity contribution >= 4 is 0 Å². The van der Waals surface area contributed by atoms with Gasteiger partial charge in [0.15, 0.2) is 0 Å². The van der Waals surface area contributed by atoms with Gasteiger partial charge in [0, 0.05) is 18.0 Å². The van der Waals surface area contributed by atoms with Crippen LogP contribution in [-0.4, -0.2) is 9.78 Å². The van der Waals surface area contributed by atoms with E-state index < -0.39 is 0 Å². The van der Waals surface area contributed by atoms with Gasteiger partial charge in [-0.3, -0.25) is 0 Å². The zero-order valence-corrected chi connectivity index (χ0v) is 10.2. The minimum Gasteiger partial charge on any atom is -0.240 e. The topological polar surface area (TPSA) is 17.8 Å². The molecule has 1 heterocycles. The predicted octanol–water partition coefficient (Wildman–Crippen LogP) is 3.85. The Hall–Kier alpha value is -2.35. The van der Waals surface area contributed by atoms with Crippen LogP contribution in [-0.2, 0) is 0 Å². The molecule has 0 bridgehead atoms. The maximum absolute atomic E-state index is 4.31. The highest BCUT2D eigenvalue weighted by Gasteiger charge is 2.05. The van der Waals surface area contributed by atoms with Gasteiger partial charge >= 0.3 is 0 Å². The second-order valence-corrected chi connectivity index (χ2v) is 4.33. The number of rotatable bonds is 2. The summed E-state index contributed by atoms with van der Waals surface area (Å²) in [5, 5.41) is 4.31. The zero-order chi connectivity index (χ0) is 12.4. The average molecular weight is 234 g/mol. The van der Waals surface area contributed by atoms with Gasteiger partial charge in [-0.05, 0) is 24.6 Å². The maximum Gasteiger partial charge on any atom is 0.0723 e. The first-order valence-corrected chi connectivity index (χ1v) is 6.01. The fourth-order valence-electron chi connectivity index (χ4n) is 2.06. The molecule has 0 amide bonds. The summed E-state index contributed by atoms with van der Waals surface area (Å²) in [7, 11) is 0. The van der Waals surface area contributed by atoms with Gasteiger partial charge in [-0.2, -0.15) is 5.10 Å². The van der Waals surface area contributed by atoms with E-state index in [0.29, 0.717) is 0 Å². The molecule has 0 atom stereocenters. The number of aromatic nitrogens is 2. The molecule has 0 saturated carbocycles. The molecule has 0 aliphatic carbocycles. The van der Waals surface area contributed by atoms with Crippen LogP contribution in [0.5, 0.6) is 0 Å². The molecule has 0 aliphatic rings. The summed E-state index contributed by atoms with van der Waals surface area (Å²) < 4.78 is 1.90. The highest BCUT2D eigenvalue weighted by molar-refractivity contribution is 5.72. The van der Waals surface area contributed by atoms with Crippen molar-refractivity contribution in [1.29, 1.82) is 0 Å². The van der Waals surface area contributed by atoms with Crippen molar-refractivity contribution in [2.75, 3.05) is 0 Å². The third kappa shape index (κ3) is 1.93. The Morgan fingerprint density at radius 2 is 1.67 bits per heavy atom. The number of hydrogen-bond donors (Lipinski definition) is 0. The van der Waals surface area contributed by atoms with Gasteiger partial charge in [0.05, 0.1) is 5.69 Å². The van der Waals surface area contributed by atoms with Crippen molar-refractivity contribution in [3.63, 3.8) is 0 Å². The van der Waals surface area contributed by atoms with E-state index in [1.54, 1.807) is 6.20 Å². The van der Waals surface area contributed by atoms with Crippen molar-refractivity contribution in [3.8, 4) is 16.8 Å². The molecule has 2 aromatic carbocycles. The smallest absolute Gasteiger partial charge is 0.0723 e. The second kappa shape index (κ2) is 4.49. The number of hydrogen-bond acceptors (Lipinski definition) is 1. The Morgan fingerprint density at radius 1 is 0.889 bits per heavy atom. The van der Waals surface area contributed by atoms with Gasteiger partial charge in [-0.1, -0.05) is 48.0 Å². The Kier molecular flexibility index (Phi) is 2.69. The standard InChI is InChI=1S/C16H14N2/c1-13-7-9-14(10-8-13)15-5-2-3-6-16(15)18-12-4-11-17-18/h2-12H,1H3. The normalized spacial score (nSPS) is 10.5. The molecule has 2 heteroatoms. The third-order valence-corrected chi connectivity index (χ3v) is 3.02. The molecule has 0 radical (unpaired) electrons. The quantitative estimate of drug-likeness (QED) is 0.658. The maximum atomic E-state index is 4.31. The van der Waals surface area contributed by atoms with Gasteiger partial charge in [-0.25, -0.2) is 4.68 Å². The predicted molar refractivity (Wildman–Crippen MR) is 73.7 cm³/mol. The molecule has 3 rings (SSSR count). The summed E-state index contributed by atoms with van der Waals surface area (Å²) in [6.07, 6.45) is 3.76. The Bertz CT molecular complexity index is 637. The van der Waals surface area contributed by atoms with Gasteiger partial charge in [-0.15, -0.1) is 0 Å². The van der Waals surface area contributed by atoms with E-state index in [4.69, 9.17) is 0 Å². The van der Waals surface area contributed by atoms with Gasteiger partial charge in [0.1, 0.15) is 0 Å². The third-order valence-electron chi connectivity index (χ3n) is 3.02. The summed E-state index contributed by atoms with van der Waals surface area (Å²) in [5.41, 5.74) is 4.79. The summed E-state index contributed by atoms with van der Waals surface area (Å²) in [6, 6.07) is 18.8. The Labute approximate surface area is 107 Å². The van der Waals surface area contributed by atoms with E-state index in [-0.39, 0.29) is 0 Å². The van der Waals surface area contributed by atoms with Crippen LogP contribution in [0.4, 0.5) is 0 Å². The van der Waals surface area contributed by atoms with Crippen LogP contribution in [0.15, 0.2) is 67.0 Å². The van der Waals surface area contributed by atoms with Crippen LogP contribution in [0.2, 0.25) is 0 Å². The van der Waals surface area contributed by atoms with Crippen LogP contribution in [0.25, 0.3) is 16.8 Å². The molecule has 1 aromatic heterocycles. The van der Waals surface area contributed by atoms with Gasteiger partial charge < -0.3 is 0 Å². The summed E-state index contributed by atoms with van der Waals surface area (Å²) in [5.74, 6) is 0. The van der Waals surface area contributed by atoms with E-state index >= 15 is 0 Å². The molecule has 2 nitrogen and oxygen atoms in total. The van der Waals surface area contributed by atoms with Crippen molar-refractivity contribution in [1.82, 2.24) is 9.78 Å². The van der Waals surface area contributed by atoms with Crippen molar-refractivity contribution in [2.24, 2.45) is 0 Å². The van der Waals surface area contributed by atoms with E-state index in [1.165, 1.54) is 16.7 Å². The number of benzene rings is 2. The van der Waals surface area contributed by atoms with Gasteiger partial charge in [0.2, 0.25) is 0 Å². The number of nitrogens with zero attached hydrogens (tertiary/aromatic N) is 2. The van der Waals surface area contributed by atoms with E-state index in [9.17, 15) is 0 Å². The molecule has 3 aromatic rings. The SMILES string of the molecule is Cc1ccc(-c2ccccc2-n2cccn2)cc1. The molecule has 0 unspecified atom stereocenters. The largest absolute Gasteiger partial charge is 0.240 e. The van der Waals surface area contributed by atoms with Crippen molar-refractivity contribution < 1.29 is 0 Å². The lowest BCUT2D eigenvalue weighted by atomic mass is 10.0.